The van der Waals surface area contributed by atoms with E-state index in [2.05, 4.69) is 0 Å². The predicted octanol–water partition coefficient (Wildman–Crippen LogP) is -0.139. The summed E-state index contributed by atoms with van der Waals surface area (Å²) in [7, 11) is -3.17. The lowest BCUT2D eigenvalue weighted by Crippen LogP contribution is -2.55. The van der Waals surface area contributed by atoms with Crippen LogP contribution in [0, 0.1) is 0 Å². The highest BCUT2D eigenvalue weighted by Gasteiger charge is 2.46. The van der Waals surface area contributed by atoms with Crippen molar-refractivity contribution in [1.82, 2.24) is 4.90 Å². The summed E-state index contributed by atoms with van der Waals surface area (Å²) in [5.41, 5.74) is -0.941. The third-order valence-electron chi connectivity index (χ3n) is 3.30. The highest BCUT2D eigenvalue weighted by Crippen LogP contribution is 2.33. The molecule has 0 aromatic heterocycles. The Kier molecular flexibility index (Phi) is 3.22. The lowest BCUT2D eigenvalue weighted by Gasteiger charge is -2.42. The number of carboxylic acids is 1. The summed E-state index contributed by atoms with van der Waals surface area (Å²) in [6.45, 7) is -0.192. The molecule has 1 atom stereocenters. The van der Waals surface area contributed by atoms with Crippen LogP contribution in [0.1, 0.15) is 19.3 Å². The largest absolute Gasteiger partial charge is 0.480 e. The van der Waals surface area contributed by atoms with Gasteiger partial charge in [-0.05, 0) is 12.8 Å². The average Bonchev–Trinajstić information content (AvgIpc) is 2.20. The fraction of sp³-hybridized carbons (Fsp3) is 0.800. The Labute approximate surface area is 105 Å². The second-order valence-corrected chi connectivity index (χ2v) is 7.00. The number of hydrogen-bond donors (Lipinski definition) is 1. The molecule has 2 aliphatic heterocycles. The van der Waals surface area contributed by atoms with E-state index >= 15 is 0 Å². The number of ether oxygens (including phenoxy) is 1. The van der Waals surface area contributed by atoms with Crippen LogP contribution in [-0.4, -0.2) is 60.7 Å². The molecule has 0 radical (unpaired) electrons. The van der Waals surface area contributed by atoms with E-state index in [1.807, 2.05) is 0 Å². The van der Waals surface area contributed by atoms with E-state index in [0.717, 1.165) is 4.90 Å². The molecular formula is C10H15NO6S. The lowest BCUT2D eigenvalue weighted by atomic mass is 9.94. The first-order chi connectivity index (χ1) is 8.32. The first kappa shape index (κ1) is 13.1. The van der Waals surface area contributed by atoms with E-state index in [9.17, 15) is 18.0 Å². The van der Waals surface area contributed by atoms with E-state index in [0.29, 0.717) is 19.3 Å². The van der Waals surface area contributed by atoms with Gasteiger partial charge >= 0.3 is 12.1 Å². The number of carboxylic acid groups (broad SMARTS) is 1. The minimum Gasteiger partial charge on any atom is -0.480 e. The molecule has 1 unspecified atom stereocenters. The molecule has 0 bridgehead atoms. The molecule has 2 fully saturated rings. The number of rotatable bonds is 2. The summed E-state index contributed by atoms with van der Waals surface area (Å²) >= 11 is 0. The SMILES string of the molecule is O=C(O)CN1CCC2(CCCS(=O)(=O)C2)OC1=O. The molecule has 18 heavy (non-hydrogen) atoms. The Hall–Kier alpha value is -1.31. The maximum Gasteiger partial charge on any atom is 0.410 e. The second kappa shape index (κ2) is 4.42. The molecular weight excluding hydrogens is 262 g/mol. The minimum absolute atomic E-state index is 0.130. The van der Waals surface area contributed by atoms with Crippen molar-refractivity contribution in [3.8, 4) is 0 Å². The van der Waals surface area contributed by atoms with Crippen LogP contribution in [0.5, 0.6) is 0 Å². The quantitative estimate of drug-likeness (QED) is 0.754. The fourth-order valence-electron chi connectivity index (χ4n) is 2.47. The Balaban J connectivity index is 2.07. The number of nitrogens with zero attached hydrogens (tertiary/aromatic N) is 1. The molecule has 2 saturated heterocycles. The summed E-state index contributed by atoms with van der Waals surface area (Å²) in [6.07, 6.45) is 0.638. The zero-order valence-electron chi connectivity index (χ0n) is 9.79. The van der Waals surface area contributed by atoms with E-state index in [1.165, 1.54) is 0 Å². The molecule has 1 N–H and O–H groups in total. The van der Waals surface area contributed by atoms with Crippen LogP contribution in [0.2, 0.25) is 0 Å². The molecule has 1 spiro atoms. The van der Waals surface area contributed by atoms with Crippen LogP contribution >= 0.6 is 0 Å². The highest BCUT2D eigenvalue weighted by atomic mass is 32.2. The smallest absolute Gasteiger partial charge is 0.410 e. The zero-order chi connectivity index (χ0) is 13.4. The Morgan fingerprint density at radius 2 is 2.17 bits per heavy atom. The van der Waals surface area contributed by atoms with Crippen molar-refractivity contribution in [2.75, 3.05) is 24.6 Å². The van der Waals surface area contributed by atoms with Crippen molar-refractivity contribution in [3.63, 3.8) is 0 Å². The van der Waals surface area contributed by atoms with Gasteiger partial charge in [-0.2, -0.15) is 0 Å². The van der Waals surface area contributed by atoms with Gasteiger partial charge in [-0.3, -0.25) is 9.69 Å². The maximum atomic E-state index is 11.7. The van der Waals surface area contributed by atoms with E-state index in [-0.39, 0.29) is 18.1 Å². The minimum atomic E-state index is -3.17. The lowest BCUT2D eigenvalue weighted by molar-refractivity contribution is -0.139. The summed E-state index contributed by atoms with van der Waals surface area (Å²) in [6, 6.07) is 0. The first-order valence-electron chi connectivity index (χ1n) is 5.72. The molecule has 2 aliphatic rings. The number of amides is 1. The van der Waals surface area contributed by atoms with Crippen molar-refractivity contribution in [2.45, 2.75) is 24.9 Å². The zero-order valence-corrected chi connectivity index (χ0v) is 10.6. The predicted molar refractivity (Wildman–Crippen MR) is 60.9 cm³/mol. The third-order valence-corrected chi connectivity index (χ3v) is 5.17. The number of aliphatic carboxylic acids is 1. The Morgan fingerprint density at radius 3 is 2.72 bits per heavy atom. The van der Waals surface area contributed by atoms with Gasteiger partial charge in [0.2, 0.25) is 0 Å². The monoisotopic (exact) mass is 277 g/mol. The van der Waals surface area contributed by atoms with Crippen LogP contribution in [0.3, 0.4) is 0 Å². The first-order valence-corrected chi connectivity index (χ1v) is 7.54. The number of sulfone groups is 1. The van der Waals surface area contributed by atoms with Crippen LogP contribution in [-0.2, 0) is 19.4 Å². The van der Waals surface area contributed by atoms with Crippen molar-refractivity contribution < 1.29 is 27.9 Å². The number of carbonyl (C=O) groups is 2. The van der Waals surface area contributed by atoms with Gasteiger partial charge in [0.25, 0.3) is 0 Å². The van der Waals surface area contributed by atoms with Gasteiger partial charge in [0.05, 0.1) is 11.5 Å². The van der Waals surface area contributed by atoms with Crippen LogP contribution in [0.15, 0.2) is 0 Å². The molecule has 0 saturated carbocycles. The van der Waals surface area contributed by atoms with Crippen molar-refractivity contribution in [2.24, 2.45) is 0 Å². The maximum absolute atomic E-state index is 11.7. The summed E-state index contributed by atoms with van der Waals surface area (Å²) < 4.78 is 28.4. The molecule has 0 aromatic rings. The standard InChI is InChI=1S/C10H15NO6S/c12-8(13)6-11-4-3-10(17-9(11)14)2-1-5-18(15,16)7-10/h1-7H2,(H,12,13). The molecule has 8 heteroatoms. The fourth-order valence-corrected chi connectivity index (χ4v) is 4.35. The van der Waals surface area contributed by atoms with Gasteiger partial charge < -0.3 is 9.84 Å². The number of hydrogen-bond acceptors (Lipinski definition) is 5. The summed E-state index contributed by atoms with van der Waals surface area (Å²) in [5, 5.41) is 8.62. The third kappa shape index (κ3) is 2.74. The van der Waals surface area contributed by atoms with Gasteiger partial charge in [0.1, 0.15) is 12.1 Å². The highest BCUT2D eigenvalue weighted by molar-refractivity contribution is 7.91. The molecule has 0 aliphatic carbocycles. The van der Waals surface area contributed by atoms with E-state index in [4.69, 9.17) is 9.84 Å². The van der Waals surface area contributed by atoms with Gasteiger partial charge in [0, 0.05) is 13.0 Å². The number of carbonyl (C=O) groups excluding carboxylic acids is 1. The molecule has 0 aromatic carbocycles. The van der Waals surface area contributed by atoms with Crippen LogP contribution in [0.4, 0.5) is 4.79 Å². The second-order valence-electron chi connectivity index (χ2n) is 4.81. The molecule has 102 valence electrons. The van der Waals surface area contributed by atoms with Crippen LogP contribution in [0.25, 0.3) is 0 Å². The Bertz CT molecular complexity index is 473. The molecule has 2 heterocycles. The summed E-state index contributed by atoms with van der Waals surface area (Å²) in [5.74, 6) is -1.13. The van der Waals surface area contributed by atoms with E-state index in [1.54, 1.807) is 0 Å². The van der Waals surface area contributed by atoms with Gasteiger partial charge in [0.15, 0.2) is 9.84 Å². The van der Waals surface area contributed by atoms with Gasteiger partial charge in [-0.25, -0.2) is 13.2 Å². The van der Waals surface area contributed by atoms with Gasteiger partial charge in [-0.1, -0.05) is 0 Å². The van der Waals surface area contributed by atoms with Crippen LogP contribution < -0.4 is 0 Å². The molecule has 7 nitrogen and oxygen atoms in total. The topological polar surface area (TPSA) is 101 Å². The average molecular weight is 277 g/mol. The molecule has 2 rings (SSSR count). The van der Waals surface area contributed by atoms with Crippen molar-refractivity contribution >= 4 is 21.9 Å². The van der Waals surface area contributed by atoms with E-state index < -0.39 is 34.0 Å². The normalized spacial score (nSPS) is 31.1. The molecule has 1 amide bonds. The van der Waals surface area contributed by atoms with Gasteiger partial charge in [-0.15, -0.1) is 0 Å². The Morgan fingerprint density at radius 1 is 1.44 bits per heavy atom. The summed E-state index contributed by atoms with van der Waals surface area (Å²) in [4.78, 5) is 23.3. The van der Waals surface area contributed by atoms with Crippen molar-refractivity contribution in [3.05, 3.63) is 0 Å². The van der Waals surface area contributed by atoms with Crippen molar-refractivity contribution in [1.29, 1.82) is 0 Å².